The molecule has 1 aromatic carbocycles. The van der Waals surface area contributed by atoms with E-state index in [2.05, 4.69) is 5.32 Å². The number of hydrogen-bond donors (Lipinski definition) is 1. The maximum Gasteiger partial charge on any atom is 0.471 e. The molecule has 92 valence electrons. The van der Waals surface area contributed by atoms with Crippen molar-refractivity contribution < 1.29 is 18.0 Å². The van der Waals surface area contributed by atoms with Gasteiger partial charge in [0.1, 0.15) is 0 Å². The van der Waals surface area contributed by atoms with Crippen molar-refractivity contribution >= 4 is 5.91 Å². The Hall–Kier alpha value is -1.52. The monoisotopic (exact) mass is 243 g/mol. The summed E-state index contributed by atoms with van der Waals surface area (Å²) in [5.74, 6) is -1.84. The number of carbonyl (C=O) groups is 1. The molecule has 0 bridgehead atoms. The van der Waals surface area contributed by atoms with Crippen LogP contribution >= 0.6 is 0 Å². The standard InChI is InChI=1S/C12H12F3NO/c13-12(14,15)10(17)16-11(6-7-11)8-9-4-2-1-3-5-9/h1-5H,6-8H2,(H,16,17). The van der Waals surface area contributed by atoms with Crippen molar-refractivity contribution in [2.24, 2.45) is 0 Å². The lowest BCUT2D eigenvalue weighted by Crippen LogP contribution is -2.45. The molecule has 0 heterocycles. The molecule has 0 saturated heterocycles. The molecule has 0 aliphatic heterocycles. The number of carbonyl (C=O) groups excluding carboxylic acids is 1. The fourth-order valence-corrected chi connectivity index (χ4v) is 1.80. The molecule has 17 heavy (non-hydrogen) atoms. The third kappa shape index (κ3) is 2.99. The number of benzene rings is 1. The first kappa shape index (κ1) is 12.0. The summed E-state index contributed by atoms with van der Waals surface area (Å²) in [6, 6.07) is 9.20. The zero-order chi connectivity index (χ0) is 12.5. The van der Waals surface area contributed by atoms with E-state index >= 15 is 0 Å². The molecule has 0 spiro atoms. The molecular formula is C12H12F3NO. The minimum atomic E-state index is -4.80. The number of hydrogen-bond acceptors (Lipinski definition) is 1. The van der Waals surface area contributed by atoms with Crippen LogP contribution in [0.25, 0.3) is 0 Å². The number of amides is 1. The predicted octanol–water partition coefficient (Wildman–Crippen LogP) is 2.44. The van der Waals surface area contributed by atoms with Crippen molar-refractivity contribution in [3.05, 3.63) is 35.9 Å². The van der Waals surface area contributed by atoms with E-state index < -0.39 is 17.6 Å². The normalized spacial score (nSPS) is 17.6. The fraction of sp³-hybridized carbons (Fsp3) is 0.417. The Morgan fingerprint density at radius 2 is 1.82 bits per heavy atom. The number of halogens is 3. The average Bonchev–Trinajstić information content (AvgIpc) is 2.98. The van der Waals surface area contributed by atoms with Crippen LogP contribution in [0.2, 0.25) is 0 Å². The molecular weight excluding hydrogens is 231 g/mol. The third-order valence-electron chi connectivity index (χ3n) is 2.88. The molecule has 1 aliphatic carbocycles. The van der Waals surface area contributed by atoms with E-state index in [1.165, 1.54) is 0 Å². The molecule has 1 fully saturated rings. The second kappa shape index (κ2) is 4.05. The molecule has 1 saturated carbocycles. The lowest BCUT2D eigenvalue weighted by atomic mass is 10.0. The lowest BCUT2D eigenvalue weighted by Gasteiger charge is -2.18. The number of rotatable bonds is 3. The Kier molecular flexibility index (Phi) is 2.85. The van der Waals surface area contributed by atoms with E-state index in [0.29, 0.717) is 19.3 Å². The Bertz CT molecular complexity index is 410. The molecule has 0 aromatic heterocycles. The van der Waals surface area contributed by atoms with Crippen LogP contribution in [0, 0.1) is 0 Å². The summed E-state index contributed by atoms with van der Waals surface area (Å²) in [5.41, 5.74) is 0.251. The SMILES string of the molecule is O=C(NC1(Cc2ccccc2)CC1)C(F)(F)F. The maximum atomic E-state index is 12.1. The second-order valence-corrected chi connectivity index (χ2v) is 4.39. The highest BCUT2D eigenvalue weighted by molar-refractivity contribution is 5.82. The van der Waals surface area contributed by atoms with Crippen molar-refractivity contribution in [2.45, 2.75) is 31.0 Å². The third-order valence-corrected chi connectivity index (χ3v) is 2.88. The topological polar surface area (TPSA) is 29.1 Å². The second-order valence-electron chi connectivity index (χ2n) is 4.39. The number of nitrogens with one attached hydrogen (secondary N) is 1. The van der Waals surface area contributed by atoms with E-state index in [0.717, 1.165) is 5.56 Å². The van der Waals surface area contributed by atoms with Crippen molar-refractivity contribution in [3.8, 4) is 0 Å². The van der Waals surface area contributed by atoms with Gasteiger partial charge in [0.15, 0.2) is 0 Å². The highest BCUT2D eigenvalue weighted by Gasteiger charge is 2.49. The van der Waals surface area contributed by atoms with Gasteiger partial charge in [-0.2, -0.15) is 13.2 Å². The zero-order valence-electron chi connectivity index (χ0n) is 9.05. The van der Waals surface area contributed by atoms with E-state index in [1.807, 2.05) is 30.3 Å². The highest BCUT2D eigenvalue weighted by Crippen LogP contribution is 2.39. The van der Waals surface area contributed by atoms with Crippen LogP contribution in [0.4, 0.5) is 13.2 Å². The van der Waals surface area contributed by atoms with Crippen LogP contribution in [0.3, 0.4) is 0 Å². The van der Waals surface area contributed by atoms with Crippen LogP contribution in [-0.2, 0) is 11.2 Å². The Labute approximate surface area is 96.8 Å². The first-order valence-electron chi connectivity index (χ1n) is 5.35. The zero-order valence-corrected chi connectivity index (χ0v) is 9.05. The first-order valence-corrected chi connectivity index (χ1v) is 5.35. The van der Waals surface area contributed by atoms with Gasteiger partial charge in [-0.25, -0.2) is 0 Å². The van der Waals surface area contributed by atoms with E-state index in [9.17, 15) is 18.0 Å². The first-order chi connectivity index (χ1) is 7.91. The van der Waals surface area contributed by atoms with Crippen molar-refractivity contribution in [3.63, 3.8) is 0 Å². The van der Waals surface area contributed by atoms with Crippen molar-refractivity contribution in [1.29, 1.82) is 0 Å². The van der Waals surface area contributed by atoms with Gasteiger partial charge in [-0.3, -0.25) is 4.79 Å². The van der Waals surface area contributed by atoms with Crippen molar-refractivity contribution in [2.75, 3.05) is 0 Å². The molecule has 0 radical (unpaired) electrons. The van der Waals surface area contributed by atoms with Gasteiger partial charge in [-0.05, 0) is 24.8 Å². The highest BCUT2D eigenvalue weighted by atomic mass is 19.4. The molecule has 1 N–H and O–H groups in total. The van der Waals surface area contributed by atoms with Gasteiger partial charge in [-0.15, -0.1) is 0 Å². The molecule has 0 unspecified atom stereocenters. The van der Waals surface area contributed by atoms with Gasteiger partial charge in [0.05, 0.1) is 0 Å². The molecule has 1 amide bonds. The Morgan fingerprint density at radius 1 is 1.24 bits per heavy atom. The van der Waals surface area contributed by atoms with Crippen LogP contribution in [0.15, 0.2) is 30.3 Å². The molecule has 1 aromatic rings. The average molecular weight is 243 g/mol. The molecule has 2 rings (SSSR count). The Balaban J connectivity index is 1.99. The van der Waals surface area contributed by atoms with Crippen LogP contribution in [0.5, 0.6) is 0 Å². The van der Waals surface area contributed by atoms with Crippen LogP contribution in [0.1, 0.15) is 18.4 Å². The quantitative estimate of drug-likeness (QED) is 0.868. The molecule has 1 aliphatic rings. The largest absolute Gasteiger partial charge is 0.471 e. The van der Waals surface area contributed by atoms with Gasteiger partial charge in [0.2, 0.25) is 0 Å². The summed E-state index contributed by atoms with van der Waals surface area (Å²) in [6.07, 6.45) is -3.14. The van der Waals surface area contributed by atoms with E-state index in [1.54, 1.807) is 0 Å². The summed E-state index contributed by atoms with van der Waals surface area (Å²) >= 11 is 0. The minimum Gasteiger partial charge on any atom is -0.343 e. The Morgan fingerprint density at radius 3 is 2.29 bits per heavy atom. The summed E-state index contributed by atoms with van der Waals surface area (Å²) < 4.78 is 36.4. The maximum absolute atomic E-state index is 12.1. The molecule has 5 heteroatoms. The van der Waals surface area contributed by atoms with Gasteiger partial charge in [0, 0.05) is 5.54 Å². The van der Waals surface area contributed by atoms with Gasteiger partial charge >= 0.3 is 12.1 Å². The summed E-state index contributed by atoms with van der Waals surface area (Å²) in [4.78, 5) is 10.9. The summed E-state index contributed by atoms with van der Waals surface area (Å²) in [6.45, 7) is 0. The molecule has 2 nitrogen and oxygen atoms in total. The van der Waals surface area contributed by atoms with E-state index in [4.69, 9.17) is 0 Å². The van der Waals surface area contributed by atoms with Crippen LogP contribution in [-0.4, -0.2) is 17.6 Å². The van der Waals surface area contributed by atoms with Crippen molar-refractivity contribution in [1.82, 2.24) is 5.32 Å². The van der Waals surface area contributed by atoms with E-state index in [-0.39, 0.29) is 0 Å². The molecule has 0 atom stereocenters. The predicted molar refractivity (Wildman–Crippen MR) is 56.3 cm³/mol. The fourth-order valence-electron chi connectivity index (χ4n) is 1.80. The smallest absolute Gasteiger partial charge is 0.343 e. The minimum absolute atomic E-state index is 0.454. The van der Waals surface area contributed by atoms with Crippen LogP contribution < -0.4 is 5.32 Å². The van der Waals surface area contributed by atoms with Gasteiger partial charge in [-0.1, -0.05) is 30.3 Å². The number of alkyl halides is 3. The van der Waals surface area contributed by atoms with Gasteiger partial charge in [0.25, 0.3) is 0 Å². The summed E-state index contributed by atoms with van der Waals surface area (Å²) in [5, 5.41) is 2.09. The lowest BCUT2D eigenvalue weighted by molar-refractivity contribution is -0.174. The summed E-state index contributed by atoms with van der Waals surface area (Å²) in [7, 11) is 0. The van der Waals surface area contributed by atoms with Gasteiger partial charge < -0.3 is 5.32 Å².